The van der Waals surface area contributed by atoms with E-state index in [1.165, 1.54) is 11.1 Å². The van der Waals surface area contributed by atoms with Crippen molar-refractivity contribution in [3.05, 3.63) is 39.8 Å². The van der Waals surface area contributed by atoms with E-state index in [2.05, 4.69) is 56.5 Å². The van der Waals surface area contributed by atoms with Crippen LogP contribution in [0.5, 0.6) is 0 Å². The minimum atomic E-state index is 0.722. The zero-order chi connectivity index (χ0) is 14.9. The van der Waals surface area contributed by atoms with Gasteiger partial charge in [-0.1, -0.05) is 0 Å². The predicted octanol–water partition coefficient (Wildman–Crippen LogP) is 2.47. The second-order valence-corrected chi connectivity index (χ2v) is 5.66. The van der Waals surface area contributed by atoms with Crippen molar-refractivity contribution in [2.24, 2.45) is 4.99 Å². The van der Waals surface area contributed by atoms with Gasteiger partial charge in [-0.25, -0.2) is 4.99 Å². The quantitative estimate of drug-likeness (QED) is 0.418. The first kappa shape index (κ1) is 15.6. The predicted molar refractivity (Wildman–Crippen MR) is 88.8 cm³/mol. The van der Waals surface area contributed by atoms with Crippen molar-refractivity contribution in [1.82, 2.24) is 20.8 Å². The molecule has 0 saturated heterocycles. The number of aliphatic imine (C=N–C) groups is 1. The van der Waals surface area contributed by atoms with Gasteiger partial charge in [0.05, 0.1) is 12.7 Å². The van der Waals surface area contributed by atoms with Crippen LogP contribution in [0.4, 0.5) is 0 Å². The zero-order valence-electron chi connectivity index (χ0n) is 12.6. The van der Waals surface area contributed by atoms with E-state index in [9.17, 15) is 0 Å². The van der Waals surface area contributed by atoms with Crippen LogP contribution in [0.25, 0.3) is 0 Å². The summed E-state index contributed by atoms with van der Waals surface area (Å²) in [6.45, 7) is 6.63. The first-order chi connectivity index (χ1) is 10.3. The number of aromatic amines is 1. The summed E-state index contributed by atoms with van der Waals surface area (Å²) < 4.78 is 0. The summed E-state index contributed by atoms with van der Waals surface area (Å²) in [7, 11) is 0. The van der Waals surface area contributed by atoms with Crippen molar-refractivity contribution < 1.29 is 0 Å². The lowest BCUT2D eigenvalue weighted by Gasteiger charge is -2.10. The first-order valence-corrected chi connectivity index (χ1v) is 8.26. The molecule has 2 heterocycles. The lowest BCUT2D eigenvalue weighted by molar-refractivity contribution is 0.742. The Morgan fingerprint density at radius 1 is 1.43 bits per heavy atom. The standard InChI is InChI=1S/C15H23N5S/c1-3-16-15(18-9-13-6-8-21-11-13)17-7-4-5-14-10-19-20-12(14)2/h6,8,10-11H,3-5,7,9H2,1-2H3,(H,19,20)(H2,16,17,18). The molecule has 5 nitrogen and oxygen atoms in total. The van der Waals surface area contributed by atoms with Crippen molar-refractivity contribution in [2.75, 3.05) is 13.1 Å². The number of thiophene rings is 1. The molecule has 0 aliphatic carbocycles. The number of nitrogens with zero attached hydrogens (tertiary/aromatic N) is 2. The molecular formula is C15H23N5S. The molecule has 0 aromatic carbocycles. The van der Waals surface area contributed by atoms with Gasteiger partial charge in [0.25, 0.3) is 0 Å². The van der Waals surface area contributed by atoms with Crippen LogP contribution in [-0.2, 0) is 13.0 Å². The molecule has 0 fully saturated rings. The summed E-state index contributed by atoms with van der Waals surface area (Å²) in [5.41, 5.74) is 3.70. The zero-order valence-corrected chi connectivity index (χ0v) is 13.5. The Labute approximate surface area is 129 Å². The number of hydrogen-bond donors (Lipinski definition) is 3. The Morgan fingerprint density at radius 3 is 3.00 bits per heavy atom. The fraction of sp³-hybridized carbons (Fsp3) is 0.467. The van der Waals surface area contributed by atoms with E-state index in [1.807, 2.05) is 6.20 Å². The highest BCUT2D eigenvalue weighted by atomic mass is 32.1. The average Bonchev–Trinajstić information content (AvgIpc) is 3.13. The molecule has 2 aromatic heterocycles. The highest BCUT2D eigenvalue weighted by Crippen LogP contribution is 2.07. The second-order valence-electron chi connectivity index (χ2n) is 4.88. The lowest BCUT2D eigenvalue weighted by atomic mass is 10.1. The fourth-order valence-electron chi connectivity index (χ4n) is 2.01. The normalized spacial score (nSPS) is 11.6. The van der Waals surface area contributed by atoms with Gasteiger partial charge in [-0.15, -0.1) is 0 Å². The summed E-state index contributed by atoms with van der Waals surface area (Å²) in [4.78, 5) is 4.59. The Bertz CT molecular complexity index is 544. The molecule has 0 unspecified atom stereocenters. The van der Waals surface area contributed by atoms with E-state index in [-0.39, 0.29) is 0 Å². The molecule has 3 N–H and O–H groups in total. The van der Waals surface area contributed by atoms with Gasteiger partial charge in [0.1, 0.15) is 0 Å². The fourth-order valence-corrected chi connectivity index (χ4v) is 2.67. The van der Waals surface area contributed by atoms with E-state index in [1.54, 1.807) is 11.3 Å². The number of H-pyrrole nitrogens is 1. The summed E-state index contributed by atoms with van der Waals surface area (Å²) >= 11 is 1.71. The van der Waals surface area contributed by atoms with Gasteiger partial charge >= 0.3 is 0 Å². The van der Waals surface area contributed by atoms with Crippen molar-refractivity contribution in [2.45, 2.75) is 33.2 Å². The van der Waals surface area contributed by atoms with Crippen molar-refractivity contribution in [1.29, 1.82) is 0 Å². The van der Waals surface area contributed by atoms with Gasteiger partial charge in [0.15, 0.2) is 5.96 Å². The number of rotatable bonds is 7. The summed E-state index contributed by atoms with van der Waals surface area (Å²) in [5.74, 6) is 0.882. The van der Waals surface area contributed by atoms with Crippen LogP contribution in [-0.4, -0.2) is 29.2 Å². The highest BCUT2D eigenvalue weighted by molar-refractivity contribution is 7.07. The van der Waals surface area contributed by atoms with Gasteiger partial charge in [0.2, 0.25) is 0 Å². The van der Waals surface area contributed by atoms with Crippen LogP contribution in [0, 0.1) is 6.92 Å². The Morgan fingerprint density at radius 2 is 2.33 bits per heavy atom. The molecule has 6 heteroatoms. The van der Waals surface area contributed by atoms with Gasteiger partial charge < -0.3 is 10.6 Å². The van der Waals surface area contributed by atoms with Crippen LogP contribution in [0.3, 0.4) is 0 Å². The molecule has 0 saturated carbocycles. The molecule has 2 aromatic rings. The van der Waals surface area contributed by atoms with Crippen molar-refractivity contribution in [3.8, 4) is 0 Å². The van der Waals surface area contributed by atoms with E-state index in [0.29, 0.717) is 0 Å². The topological polar surface area (TPSA) is 65.1 Å². The molecule has 0 atom stereocenters. The first-order valence-electron chi connectivity index (χ1n) is 7.31. The molecule has 2 rings (SSSR count). The van der Waals surface area contributed by atoms with Crippen LogP contribution in [0.15, 0.2) is 28.0 Å². The largest absolute Gasteiger partial charge is 0.357 e. The van der Waals surface area contributed by atoms with Gasteiger partial charge in [0, 0.05) is 18.8 Å². The van der Waals surface area contributed by atoms with E-state index >= 15 is 0 Å². The molecule has 0 radical (unpaired) electrons. The van der Waals surface area contributed by atoms with E-state index in [0.717, 1.165) is 44.1 Å². The Hall–Kier alpha value is -1.82. The summed E-state index contributed by atoms with van der Waals surface area (Å²) in [6.07, 6.45) is 3.99. The molecular weight excluding hydrogens is 282 g/mol. The monoisotopic (exact) mass is 305 g/mol. The maximum atomic E-state index is 4.59. The third-order valence-electron chi connectivity index (χ3n) is 3.19. The molecule has 114 valence electrons. The van der Waals surface area contributed by atoms with E-state index < -0.39 is 0 Å². The molecule has 0 bridgehead atoms. The van der Waals surface area contributed by atoms with Crippen LogP contribution in [0.1, 0.15) is 30.2 Å². The van der Waals surface area contributed by atoms with E-state index in [4.69, 9.17) is 0 Å². The maximum absolute atomic E-state index is 4.59. The van der Waals surface area contributed by atoms with Crippen LogP contribution in [0.2, 0.25) is 0 Å². The smallest absolute Gasteiger partial charge is 0.191 e. The number of hydrogen-bond acceptors (Lipinski definition) is 3. The maximum Gasteiger partial charge on any atom is 0.191 e. The Kier molecular flexibility index (Phi) is 6.27. The molecule has 0 aliphatic heterocycles. The molecule has 21 heavy (non-hydrogen) atoms. The number of nitrogens with one attached hydrogen (secondary N) is 3. The van der Waals surface area contributed by atoms with Crippen LogP contribution >= 0.6 is 11.3 Å². The number of aryl methyl sites for hydroxylation is 2. The molecule has 0 spiro atoms. The van der Waals surface area contributed by atoms with Gasteiger partial charge in [-0.05, 0) is 54.6 Å². The average molecular weight is 305 g/mol. The number of aromatic nitrogens is 2. The van der Waals surface area contributed by atoms with Gasteiger partial charge in [-0.3, -0.25) is 5.10 Å². The Balaban J connectivity index is 1.74. The minimum absolute atomic E-state index is 0.722. The van der Waals surface area contributed by atoms with Gasteiger partial charge in [-0.2, -0.15) is 16.4 Å². The van der Waals surface area contributed by atoms with Crippen molar-refractivity contribution >= 4 is 17.3 Å². The number of guanidine groups is 1. The second kappa shape index (κ2) is 8.46. The van der Waals surface area contributed by atoms with Crippen molar-refractivity contribution in [3.63, 3.8) is 0 Å². The SMILES string of the molecule is CCNC(=NCc1ccsc1)NCCCc1cn[nH]c1C. The molecule has 0 aliphatic rings. The third kappa shape index (κ3) is 5.23. The minimum Gasteiger partial charge on any atom is -0.357 e. The highest BCUT2D eigenvalue weighted by Gasteiger charge is 2.01. The molecule has 0 amide bonds. The van der Waals surface area contributed by atoms with Crippen LogP contribution < -0.4 is 10.6 Å². The lowest BCUT2D eigenvalue weighted by Crippen LogP contribution is -2.37. The summed E-state index contributed by atoms with van der Waals surface area (Å²) in [6, 6.07) is 2.11. The third-order valence-corrected chi connectivity index (χ3v) is 3.93. The summed E-state index contributed by atoms with van der Waals surface area (Å²) in [5, 5.41) is 17.9.